The van der Waals surface area contributed by atoms with Crippen LogP contribution in [0.2, 0.25) is 0 Å². The summed E-state index contributed by atoms with van der Waals surface area (Å²) in [6.45, 7) is -0.463. The summed E-state index contributed by atoms with van der Waals surface area (Å²) in [7, 11) is 1.70. The minimum absolute atomic E-state index is 0.0688. The monoisotopic (exact) mass is 397 g/mol. The van der Waals surface area contributed by atoms with E-state index in [1.54, 1.807) is 24.1 Å². The zero-order chi connectivity index (χ0) is 21.2. The molecular weight excluding hydrogens is 374 g/mol. The highest BCUT2D eigenvalue weighted by molar-refractivity contribution is 5.97. The van der Waals surface area contributed by atoms with Crippen molar-refractivity contribution < 1.29 is 24.3 Å². The van der Waals surface area contributed by atoms with E-state index in [2.05, 4.69) is 10.6 Å². The van der Waals surface area contributed by atoms with Gasteiger partial charge in [-0.1, -0.05) is 18.2 Å². The zero-order valence-corrected chi connectivity index (χ0v) is 16.1. The third-order valence-electron chi connectivity index (χ3n) is 4.14. The van der Waals surface area contributed by atoms with Crippen LogP contribution in [0.3, 0.4) is 0 Å². The summed E-state index contributed by atoms with van der Waals surface area (Å²) in [5, 5.41) is 13.5. The van der Waals surface area contributed by atoms with Gasteiger partial charge in [-0.15, -0.1) is 0 Å². The lowest BCUT2D eigenvalue weighted by atomic mass is 10.1. The molecule has 0 saturated heterocycles. The van der Waals surface area contributed by atoms with Crippen molar-refractivity contribution in [3.05, 3.63) is 60.2 Å². The average Bonchev–Trinajstić information content (AvgIpc) is 2.72. The van der Waals surface area contributed by atoms with Crippen molar-refractivity contribution in [1.82, 2.24) is 5.32 Å². The number of para-hydroxylation sites is 1. The lowest BCUT2D eigenvalue weighted by Gasteiger charge is -2.17. The van der Waals surface area contributed by atoms with Crippen LogP contribution in [0.25, 0.3) is 0 Å². The third-order valence-corrected chi connectivity index (χ3v) is 4.14. The van der Waals surface area contributed by atoms with E-state index in [1.165, 1.54) is 12.1 Å². The fraction of sp³-hybridized carbons (Fsp3) is 0.238. The molecule has 2 rings (SSSR count). The molecule has 0 spiro atoms. The van der Waals surface area contributed by atoms with E-state index in [9.17, 15) is 19.2 Å². The number of rotatable bonds is 9. The summed E-state index contributed by atoms with van der Waals surface area (Å²) in [4.78, 5) is 48.0. The van der Waals surface area contributed by atoms with Crippen LogP contribution in [0.1, 0.15) is 29.6 Å². The van der Waals surface area contributed by atoms with Crippen LogP contribution in [-0.4, -0.2) is 42.4 Å². The van der Waals surface area contributed by atoms with Crippen molar-refractivity contribution in [3.63, 3.8) is 0 Å². The highest BCUT2D eigenvalue weighted by atomic mass is 16.4. The van der Waals surface area contributed by atoms with Gasteiger partial charge in [0.2, 0.25) is 11.8 Å². The molecule has 2 aromatic rings. The fourth-order valence-corrected chi connectivity index (χ4v) is 2.55. The van der Waals surface area contributed by atoms with Crippen molar-refractivity contribution in [3.8, 4) is 0 Å². The Balaban J connectivity index is 1.75. The van der Waals surface area contributed by atoms with Gasteiger partial charge in [0.15, 0.2) is 0 Å². The van der Waals surface area contributed by atoms with E-state index in [4.69, 9.17) is 5.11 Å². The van der Waals surface area contributed by atoms with Crippen LogP contribution in [0.4, 0.5) is 11.4 Å². The average molecular weight is 397 g/mol. The van der Waals surface area contributed by atoms with E-state index in [-0.39, 0.29) is 24.7 Å². The van der Waals surface area contributed by atoms with Crippen molar-refractivity contribution in [1.29, 1.82) is 0 Å². The van der Waals surface area contributed by atoms with Gasteiger partial charge in [0, 0.05) is 36.8 Å². The smallest absolute Gasteiger partial charge is 0.322 e. The molecule has 0 heterocycles. The molecule has 0 saturated carbocycles. The zero-order valence-electron chi connectivity index (χ0n) is 16.1. The quantitative estimate of drug-likeness (QED) is 0.600. The van der Waals surface area contributed by atoms with Gasteiger partial charge in [-0.3, -0.25) is 19.2 Å². The minimum atomic E-state index is -1.13. The van der Waals surface area contributed by atoms with Gasteiger partial charge in [0.1, 0.15) is 6.54 Å². The van der Waals surface area contributed by atoms with Crippen molar-refractivity contribution >= 4 is 35.1 Å². The maximum absolute atomic E-state index is 12.2. The number of aliphatic carboxylic acids is 1. The number of carboxylic acid groups (broad SMARTS) is 1. The van der Waals surface area contributed by atoms with E-state index in [1.807, 2.05) is 30.3 Å². The minimum Gasteiger partial charge on any atom is -0.480 e. The maximum atomic E-state index is 12.2. The normalized spacial score (nSPS) is 10.1. The lowest BCUT2D eigenvalue weighted by Crippen LogP contribution is -2.29. The number of carbonyl (C=O) groups excluding carboxylic acids is 3. The molecule has 0 aliphatic rings. The molecule has 0 fully saturated rings. The second-order valence-electron chi connectivity index (χ2n) is 6.34. The summed E-state index contributed by atoms with van der Waals surface area (Å²) in [5.74, 6) is -1.94. The largest absolute Gasteiger partial charge is 0.480 e. The maximum Gasteiger partial charge on any atom is 0.322 e. The van der Waals surface area contributed by atoms with E-state index in [0.29, 0.717) is 17.7 Å². The Hall–Kier alpha value is -3.68. The highest BCUT2D eigenvalue weighted by Crippen LogP contribution is 2.14. The number of hydrogen-bond donors (Lipinski definition) is 3. The Labute approximate surface area is 168 Å². The first-order valence-electron chi connectivity index (χ1n) is 9.08. The van der Waals surface area contributed by atoms with Crippen LogP contribution < -0.4 is 15.5 Å². The Kier molecular flexibility index (Phi) is 7.90. The van der Waals surface area contributed by atoms with Crippen LogP contribution in [0, 0.1) is 0 Å². The van der Waals surface area contributed by atoms with Gasteiger partial charge in [0.05, 0.1) is 0 Å². The SMILES string of the molecule is CN(C(=O)CCCC(=O)Nc1ccc(C(=O)NCC(=O)O)cc1)c1ccccc1. The number of amides is 3. The van der Waals surface area contributed by atoms with Gasteiger partial charge < -0.3 is 20.6 Å². The Morgan fingerprint density at radius 3 is 2.21 bits per heavy atom. The predicted molar refractivity (Wildman–Crippen MR) is 109 cm³/mol. The molecule has 0 atom stereocenters. The number of carboxylic acids is 1. The summed E-state index contributed by atoms with van der Waals surface area (Å²) < 4.78 is 0. The summed E-state index contributed by atoms with van der Waals surface area (Å²) in [6, 6.07) is 15.4. The fourth-order valence-electron chi connectivity index (χ4n) is 2.55. The number of anilines is 2. The first kappa shape index (κ1) is 21.6. The first-order chi connectivity index (χ1) is 13.9. The van der Waals surface area contributed by atoms with Gasteiger partial charge in [-0.05, 0) is 42.8 Å². The van der Waals surface area contributed by atoms with Crippen LogP contribution in [0.15, 0.2) is 54.6 Å². The van der Waals surface area contributed by atoms with Gasteiger partial charge >= 0.3 is 5.97 Å². The second kappa shape index (κ2) is 10.6. The third kappa shape index (κ3) is 7.10. The molecule has 2 aromatic carbocycles. The van der Waals surface area contributed by atoms with Crippen molar-refractivity contribution in [2.75, 3.05) is 23.8 Å². The van der Waals surface area contributed by atoms with Crippen LogP contribution in [-0.2, 0) is 14.4 Å². The number of benzene rings is 2. The van der Waals surface area contributed by atoms with Crippen LogP contribution >= 0.6 is 0 Å². The molecule has 3 amide bonds. The Morgan fingerprint density at radius 2 is 1.59 bits per heavy atom. The predicted octanol–water partition coefficient (Wildman–Crippen LogP) is 2.27. The van der Waals surface area contributed by atoms with Crippen LogP contribution in [0.5, 0.6) is 0 Å². The molecule has 0 aliphatic heterocycles. The number of nitrogens with one attached hydrogen (secondary N) is 2. The molecular formula is C21H23N3O5. The summed E-state index contributed by atoms with van der Waals surface area (Å²) in [5.41, 5.74) is 1.60. The summed E-state index contributed by atoms with van der Waals surface area (Å²) >= 11 is 0. The summed E-state index contributed by atoms with van der Waals surface area (Å²) in [6.07, 6.45) is 0.855. The van der Waals surface area contributed by atoms with E-state index in [0.717, 1.165) is 5.69 Å². The first-order valence-corrected chi connectivity index (χ1v) is 9.08. The van der Waals surface area contributed by atoms with Gasteiger partial charge in [-0.2, -0.15) is 0 Å². The van der Waals surface area contributed by atoms with Crippen molar-refractivity contribution in [2.45, 2.75) is 19.3 Å². The number of hydrogen-bond acceptors (Lipinski definition) is 4. The molecule has 0 radical (unpaired) electrons. The molecule has 29 heavy (non-hydrogen) atoms. The van der Waals surface area contributed by atoms with Crippen molar-refractivity contribution in [2.24, 2.45) is 0 Å². The topological polar surface area (TPSA) is 116 Å². The molecule has 8 nitrogen and oxygen atoms in total. The molecule has 0 aromatic heterocycles. The second-order valence-corrected chi connectivity index (χ2v) is 6.34. The van der Waals surface area contributed by atoms with Gasteiger partial charge in [-0.25, -0.2) is 0 Å². The van der Waals surface area contributed by atoms with E-state index >= 15 is 0 Å². The molecule has 0 bridgehead atoms. The molecule has 0 unspecified atom stereocenters. The Bertz CT molecular complexity index is 866. The van der Waals surface area contributed by atoms with Gasteiger partial charge in [0.25, 0.3) is 5.91 Å². The molecule has 0 aliphatic carbocycles. The standard InChI is InChI=1S/C21H23N3O5/c1-24(17-6-3-2-4-7-17)19(26)9-5-8-18(25)23-16-12-10-15(11-13-16)21(29)22-14-20(27)28/h2-4,6-7,10-13H,5,8-9,14H2,1H3,(H,22,29)(H,23,25)(H,27,28). The number of nitrogens with zero attached hydrogens (tertiary/aromatic N) is 1. The molecule has 8 heteroatoms. The van der Waals surface area contributed by atoms with E-state index < -0.39 is 18.4 Å². The molecule has 152 valence electrons. The highest BCUT2D eigenvalue weighted by Gasteiger charge is 2.12. The molecule has 3 N–H and O–H groups in total. The lowest BCUT2D eigenvalue weighted by molar-refractivity contribution is -0.135. The number of carbonyl (C=O) groups is 4. The Morgan fingerprint density at radius 1 is 0.931 bits per heavy atom.